The summed E-state index contributed by atoms with van der Waals surface area (Å²) >= 11 is 0. The Morgan fingerprint density at radius 2 is 1.90 bits per heavy atom. The summed E-state index contributed by atoms with van der Waals surface area (Å²) in [5, 5.41) is 9.70. The molecule has 0 aliphatic heterocycles. The number of methoxy groups -OCH3 is 1. The minimum atomic E-state index is -1.24. The highest BCUT2D eigenvalue weighted by Crippen LogP contribution is 1.88. The highest BCUT2D eigenvalue weighted by Gasteiger charge is 1.97. The lowest BCUT2D eigenvalue weighted by Gasteiger charge is -1.98. The fraction of sp³-hybridized carbons (Fsp3) is 0.600. The lowest BCUT2D eigenvalue weighted by molar-refractivity contribution is -0.305. The number of hydrogen-bond acceptors (Lipinski definition) is 4. The van der Waals surface area contributed by atoms with Crippen LogP contribution in [0.4, 0.5) is 0 Å². The Kier molecular flexibility index (Phi) is 7.60. The van der Waals surface area contributed by atoms with Gasteiger partial charge in [-0.15, -0.1) is 0 Å². The molecule has 0 fully saturated rings. The second-order valence-corrected chi connectivity index (χ2v) is 1.45. The Morgan fingerprint density at radius 3 is 2.20 bits per heavy atom. The van der Waals surface area contributed by atoms with Crippen molar-refractivity contribution in [3.05, 3.63) is 0 Å². The molecule has 0 saturated heterocycles. The van der Waals surface area contributed by atoms with E-state index in [0.29, 0.717) is 0 Å². The average Bonchev–Trinajstić information content (AvgIpc) is 1.83. The molecule has 60 valence electrons. The highest BCUT2D eigenvalue weighted by molar-refractivity contribution is 5.75. The lowest BCUT2D eigenvalue weighted by Crippen LogP contribution is -3.00. The molecule has 0 N–H and O–H groups in total. The molecule has 0 rings (SSSR count). The molecule has 0 radical (unpaired) electrons. The molecule has 5 heteroatoms. The molecule has 0 saturated carbocycles. The van der Waals surface area contributed by atoms with Gasteiger partial charge in [0.1, 0.15) is 0 Å². The Labute approximate surface area is 64.6 Å². The predicted molar refractivity (Wildman–Crippen MR) is 26.3 cm³/mol. The third kappa shape index (κ3) is 7.23. The van der Waals surface area contributed by atoms with Gasteiger partial charge in [-0.3, -0.25) is 4.79 Å². The summed E-state index contributed by atoms with van der Waals surface area (Å²) in [4.78, 5) is 19.9. The van der Waals surface area contributed by atoms with Crippen LogP contribution in [0.2, 0.25) is 0 Å². The average molecular weight is 167 g/mol. The molecule has 0 aromatic carbocycles. The third-order valence-corrected chi connectivity index (χ3v) is 0.761. The van der Waals surface area contributed by atoms with Crippen molar-refractivity contribution in [1.29, 1.82) is 0 Å². The largest absolute Gasteiger partial charge is 1.00 e. The van der Waals surface area contributed by atoms with E-state index in [-0.39, 0.29) is 25.2 Å². The van der Waals surface area contributed by atoms with Gasteiger partial charge < -0.3 is 27.0 Å². The van der Waals surface area contributed by atoms with Gasteiger partial charge in [-0.05, 0) is 6.42 Å². The molecule has 0 aromatic rings. The van der Waals surface area contributed by atoms with E-state index in [1.165, 1.54) is 7.11 Å². The molecular formula is C5H7ClO4-2. The van der Waals surface area contributed by atoms with E-state index in [0.717, 1.165) is 0 Å². The fourth-order valence-electron chi connectivity index (χ4n) is 0.306. The number of carbonyl (C=O) groups excluding carboxylic acids is 2. The molecule has 0 aromatic heterocycles. The number of carboxylic acids is 1. The van der Waals surface area contributed by atoms with Crippen LogP contribution >= 0.6 is 0 Å². The first-order valence-electron chi connectivity index (χ1n) is 2.43. The van der Waals surface area contributed by atoms with Crippen molar-refractivity contribution in [3.63, 3.8) is 0 Å². The number of esters is 1. The number of halogens is 1. The van der Waals surface area contributed by atoms with Crippen LogP contribution in [0.25, 0.3) is 0 Å². The van der Waals surface area contributed by atoms with Crippen LogP contribution in [0.3, 0.4) is 0 Å². The van der Waals surface area contributed by atoms with Gasteiger partial charge in [0.05, 0.1) is 13.5 Å². The van der Waals surface area contributed by atoms with E-state index in [9.17, 15) is 14.7 Å². The number of ether oxygens (including phenoxy) is 1. The van der Waals surface area contributed by atoms with Gasteiger partial charge in [-0.25, -0.2) is 0 Å². The molecule has 0 aliphatic rings. The molecule has 0 amide bonds. The Bertz CT molecular complexity index is 123. The molecular weight excluding hydrogens is 160 g/mol. The number of rotatable bonds is 3. The summed E-state index contributed by atoms with van der Waals surface area (Å²) in [6.45, 7) is 0. The first kappa shape index (κ1) is 12.0. The minimum absolute atomic E-state index is 0. The predicted octanol–water partition coefficient (Wildman–Crippen LogP) is -4.31. The molecule has 0 bridgehead atoms. The Hall–Kier alpha value is -0.770. The number of carboxylic acid groups (broad SMARTS) is 1. The van der Waals surface area contributed by atoms with Crippen LogP contribution in [-0.4, -0.2) is 19.0 Å². The van der Waals surface area contributed by atoms with E-state index in [4.69, 9.17) is 0 Å². The summed E-state index contributed by atoms with van der Waals surface area (Å²) in [6.07, 6.45) is -0.383. The zero-order valence-electron chi connectivity index (χ0n) is 5.43. The second kappa shape index (κ2) is 6.35. The first-order chi connectivity index (χ1) is 4.16. The molecule has 0 heterocycles. The SMILES string of the molecule is COC(=O)CCC(=O)[O-].[Cl-]. The quantitative estimate of drug-likeness (QED) is 0.398. The standard InChI is InChI=1S/C5H8O4.ClH/c1-9-5(8)3-2-4(6)7;/h2-3H2,1H3,(H,6,7);1H/p-2. The second-order valence-electron chi connectivity index (χ2n) is 1.45. The van der Waals surface area contributed by atoms with Crippen molar-refractivity contribution in [2.24, 2.45) is 0 Å². The van der Waals surface area contributed by atoms with Gasteiger partial charge >= 0.3 is 5.97 Å². The number of hydrogen-bond donors (Lipinski definition) is 0. The first-order valence-corrected chi connectivity index (χ1v) is 2.43. The summed E-state index contributed by atoms with van der Waals surface area (Å²) in [5.74, 6) is -1.76. The van der Waals surface area contributed by atoms with Crippen LogP contribution in [0, 0.1) is 0 Å². The van der Waals surface area contributed by atoms with Gasteiger partial charge in [-0.2, -0.15) is 0 Å². The van der Waals surface area contributed by atoms with Gasteiger partial charge in [0.15, 0.2) is 0 Å². The summed E-state index contributed by atoms with van der Waals surface area (Å²) in [7, 11) is 1.21. The molecule has 0 unspecified atom stereocenters. The van der Waals surface area contributed by atoms with E-state index in [1.807, 2.05) is 0 Å². The maximum atomic E-state index is 10.2. The van der Waals surface area contributed by atoms with Crippen molar-refractivity contribution >= 4 is 11.9 Å². The van der Waals surface area contributed by atoms with E-state index >= 15 is 0 Å². The maximum Gasteiger partial charge on any atom is 0.305 e. The summed E-state index contributed by atoms with van der Waals surface area (Å²) in [6, 6.07) is 0. The molecule has 0 spiro atoms. The topological polar surface area (TPSA) is 66.4 Å². The van der Waals surface area contributed by atoms with Crippen LogP contribution < -0.4 is 17.5 Å². The van der Waals surface area contributed by atoms with Gasteiger partial charge in [0, 0.05) is 5.97 Å². The molecule has 4 nitrogen and oxygen atoms in total. The lowest BCUT2D eigenvalue weighted by atomic mass is 10.3. The Balaban J connectivity index is 0. The van der Waals surface area contributed by atoms with Crippen LogP contribution in [0.15, 0.2) is 0 Å². The minimum Gasteiger partial charge on any atom is -1.00 e. The zero-order valence-corrected chi connectivity index (χ0v) is 6.18. The molecule has 0 atom stereocenters. The fourth-order valence-corrected chi connectivity index (χ4v) is 0.306. The van der Waals surface area contributed by atoms with Gasteiger partial charge in [-0.1, -0.05) is 0 Å². The zero-order chi connectivity index (χ0) is 7.28. The summed E-state index contributed by atoms with van der Waals surface area (Å²) < 4.78 is 4.17. The monoisotopic (exact) mass is 166 g/mol. The third-order valence-electron chi connectivity index (χ3n) is 0.761. The normalized spacial score (nSPS) is 7.70. The van der Waals surface area contributed by atoms with Crippen molar-refractivity contribution in [2.45, 2.75) is 12.8 Å². The Morgan fingerprint density at radius 1 is 1.40 bits per heavy atom. The van der Waals surface area contributed by atoms with E-state index < -0.39 is 11.9 Å². The molecule has 0 aliphatic carbocycles. The smallest absolute Gasteiger partial charge is 0.305 e. The number of aliphatic carboxylic acids is 1. The van der Waals surface area contributed by atoms with E-state index in [1.54, 1.807) is 0 Å². The van der Waals surface area contributed by atoms with Crippen molar-refractivity contribution in [3.8, 4) is 0 Å². The summed E-state index contributed by atoms with van der Waals surface area (Å²) in [5.41, 5.74) is 0. The van der Waals surface area contributed by atoms with Crippen LogP contribution in [0.1, 0.15) is 12.8 Å². The number of carbonyl (C=O) groups is 2. The van der Waals surface area contributed by atoms with Gasteiger partial charge in [0.2, 0.25) is 0 Å². The maximum absolute atomic E-state index is 10.2. The van der Waals surface area contributed by atoms with Crippen LogP contribution in [0.5, 0.6) is 0 Å². The van der Waals surface area contributed by atoms with E-state index in [2.05, 4.69) is 4.74 Å². The highest BCUT2D eigenvalue weighted by atomic mass is 35.5. The van der Waals surface area contributed by atoms with Crippen LogP contribution in [-0.2, 0) is 14.3 Å². The van der Waals surface area contributed by atoms with Gasteiger partial charge in [0.25, 0.3) is 0 Å². The molecule has 10 heavy (non-hydrogen) atoms. The van der Waals surface area contributed by atoms with Crippen molar-refractivity contribution in [2.75, 3.05) is 7.11 Å². The van der Waals surface area contributed by atoms with Crippen molar-refractivity contribution in [1.82, 2.24) is 0 Å². The van der Waals surface area contributed by atoms with Crippen molar-refractivity contribution < 1.29 is 31.8 Å².